The molecule has 1 atom stereocenters. The van der Waals surface area contributed by atoms with Crippen molar-refractivity contribution in [2.24, 2.45) is 7.05 Å². The molecule has 2 heterocycles. The van der Waals surface area contributed by atoms with Gasteiger partial charge in [0.2, 0.25) is 0 Å². The third kappa shape index (κ3) is 2.53. The lowest BCUT2D eigenvalue weighted by molar-refractivity contribution is 0.208. The molecule has 0 amide bonds. The summed E-state index contributed by atoms with van der Waals surface area (Å²) < 4.78 is 1.64. The van der Waals surface area contributed by atoms with E-state index < -0.39 is 0 Å². The van der Waals surface area contributed by atoms with Crippen molar-refractivity contribution in [1.82, 2.24) is 24.6 Å². The molecular formula is C18H21N5O. The molecule has 0 spiro atoms. The number of hydrogen-bond donors (Lipinski definition) is 1. The number of fused-ring (bicyclic) bond motifs is 2. The minimum atomic E-state index is -0.124. The molecule has 6 nitrogen and oxygen atoms in total. The second-order valence-corrected chi connectivity index (χ2v) is 6.54. The lowest BCUT2D eigenvalue weighted by Crippen LogP contribution is -2.29. The Bertz CT molecular complexity index is 942. The van der Waals surface area contributed by atoms with E-state index in [0.29, 0.717) is 29.4 Å². The van der Waals surface area contributed by atoms with Crippen molar-refractivity contribution in [3.8, 4) is 0 Å². The van der Waals surface area contributed by atoms with Crippen molar-refractivity contribution < 1.29 is 0 Å². The number of aromatic nitrogens is 4. The van der Waals surface area contributed by atoms with Crippen LogP contribution in [0.5, 0.6) is 0 Å². The Balaban J connectivity index is 1.64. The smallest absolute Gasteiger partial charge is 0.262 e. The van der Waals surface area contributed by atoms with Crippen molar-refractivity contribution in [3.63, 3.8) is 0 Å². The molecule has 3 aromatic rings. The summed E-state index contributed by atoms with van der Waals surface area (Å²) in [6.07, 6.45) is 5.03. The van der Waals surface area contributed by atoms with Gasteiger partial charge in [-0.2, -0.15) is 5.10 Å². The molecule has 1 unspecified atom stereocenters. The van der Waals surface area contributed by atoms with E-state index in [2.05, 4.69) is 51.3 Å². The molecule has 2 aromatic heterocycles. The highest BCUT2D eigenvalue weighted by Gasteiger charge is 2.24. The molecule has 0 saturated carbocycles. The van der Waals surface area contributed by atoms with Crippen molar-refractivity contribution in [3.05, 3.63) is 57.8 Å². The SMILES string of the molecule is CN(Cc1nc2c(cnn2C)c(=O)[nH]1)C1CCCc2ccccc21. The lowest BCUT2D eigenvalue weighted by Gasteiger charge is -2.33. The monoisotopic (exact) mass is 323 g/mol. The molecule has 1 aromatic carbocycles. The van der Waals surface area contributed by atoms with Gasteiger partial charge in [0, 0.05) is 13.1 Å². The molecule has 6 heteroatoms. The minimum Gasteiger partial charge on any atom is -0.309 e. The lowest BCUT2D eigenvalue weighted by atomic mass is 9.87. The Morgan fingerprint density at radius 1 is 1.38 bits per heavy atom. The predicted octanol–water partition coefficient (Wildman–Crippen LogP) is 2.17. The summed E-state index contributed by atoms with van der Waals surface area (Å²) >= 11 is 0. The van der Waals surface area contributed by atoms with Crippen LogP contribution in [0.3, 0.4) is 0 Å². The molecule has 1 aliphatic carbocycles. The van der Waals surface area contributed by atoms with E-state index in [9.17, 15) is 4.79 Å². The van der Waals surface area contributed by atoms with Crippen molar-refractivity contribution in [2.75, 3.05) is 7.05 Å². The van der Waals surface area contributed by atoms with Crippen molar-refractivity contribution in [1.29, 1.82) is 0 Å². The summed E-state index contributed by atoms with van der Waals surface area (Å²) in [5.74, 6) is 0.682. The average Bonchev–Trinajstić information content (AvgIpc) is 2.96. The van der Waals surface area contributed by atoms with E-state index in [4.69, 9.17) is 0 Å². The molecule has 24 heavy (non-hydrogen) atoms. The fourth-order valence-electron chi connectivity index (χ4n) is 3.69. The van der Waals surface area contributed by atoms with E-state index >= 15 is 0 Å². The van der Waals surface area contributed by atoms with Gasteiger partial charge in [0.1, 0.15) is 11.2 Å². The van der Waals surface area contributed by atoms with Crippen LogP contribution in [0, 0.1) is 0 Å². The summed E-state index contributed by atoms with van der Waals surface area (Å²) in [5.41, 5.74) is 3.34. The van der Waals surface area contributed by atoms with Gasteiger partial charge in [-0.15, -0.1) is 0 Å². The second-order valence-electron chi connectivity index (χ2n) is 6.54. The largest absolute Gasteiger partial charge is 0.309 e. The Hall–Kier alpha value is -2.47. The number of aryl methyl sites for hydroxylation is 2. The maximum Gasteiger partial charge on any atom is 0.262 e. The Morgan fingerprint density at radius 3 is 3.08 bits per heavy atom. The van der Waals surface area contributed by atoms with Gasteiger partial charge < -0.3 is 4.98 Å². The topological polar surface area (TPSA) is 66.8 Å². The van der Waals surface area contributed by atoms with Gasteiger partial charge in [-0.25, -0.2) is 4.98 Å². The number of H-pyrrole nitrogens is 1. The van der Waals surface area contributed by atoms with E-state index in [1.165, 1.54) is 17.5 Å². The number of aromatic amines is 1. The number of nitrogens with zero attached hydrogens (tertiary/aromatic N) is 4. The number of hydrogen-bond acceptors (Lipinski definition) is 4. The van der Waals surface area contributed by atoms with E-state index in [1.807, 2.05) is 0 Å². The van der Waals surface area contributed by atoms with Gasteiger partial charge in [-0.05, 0) is 37.4 Å². The van der Waals surface area contributed by atoms with Crippen molar-refractivity contribution in [2.45, 2.75) is 31.8 Å². The second kappa shape index (κ2) is 5.87. The van der Waals surface area contributed by atoms with Gasteiger partial charge in [0.15, 0.2) is 5.65 Å². The zero-order valence-electron chi connectivity index (χ0n) is 14.0. The van der Waals surface area contributed by atoms with Gasteiger partial charge in [0.25, 0.3) is 5.56 Å². The van der Waals surface area contributed by atoms with Crippen LogP contribution >= 0.6 is 0 Å². The molecule has 4 rings (SSSR count). The Morgan fingerprint density at radius 2 is 2.21 bits per heavy atom. The fourth-order valence-corrected chi connectivity index (χ4v) is 3.69. The molecule has 1 aliphatic rings. The zero-order chi connectivity index (χ0) is 16.7. The molecule has 0 bridgehead atoms. The number of benzene rings is 1. The number of nitrogens with one attached hydrogen (secondary N) is 1. The molecule has 124 valence electrons. The van der Waals surface area contributed by atoms with Gasteiger partial charge >= 0.3 is 0 Å². The third-order valence-corrected chi connectivity index (χ3v) is 4.92. The Labute approximate surface area is 140 Å². The number of rotatable bonds is 3. The van der Waals surface area contributed by atoms with Gasteiger partial charge in [0.05, 0.1) is 12.7 Å². The zero-order valence-corrected chi connectivity index (χ0v) is 14.0. The van der Waals surface area contributed by atoms with Crippen LogP contribution in [0.2, 0.25) is 0 Å². The average molecular weight is 323 g/mol. The first-order valence-electron chi connectivity index (χ1n) is 8.32. The predicted molar refractivity (Wildman–Crippen MR) is 92.7 cm³/mol. The van der Waals surface area contributed by atoms with Crippen LogP contribution in [0.25, 0.3) is 11.0 Å². The highest BCUT2D eigenvalue weighted by molar-refractivity contribution is 5.72. The van der Waals surface area contributed by atoms with Gasteiger partial charge in [-0.1, -0.05) is 24.3 Å². The normalized spacial score (nSPS) is 17.4. The maximum atomic E-state index is 12.2. The highest BCUT2D eigenvalue weighted by atomic mass is 16.1. The first-order chi connectivity index (χ1) is 11.6. The standard InChI is InChI=1S/C18H21N5O/c1-22(15-9-5-7-12-6-3-4-8-13(12)15)11-16-20-17-14(18(24)21-16)10-19-23(17)2/h3-4,6,8,10,15H,5,7,9,11H2,1-2H3,(H,20,21,24). The molecule has 0 fully saturated rings. The van der Waals surface area contributed by atoms with Crippen LogP contribution in [0.1, 0.15) is 35.8 Å². The van der Waals surface area contributed by atoms with E-state index in [-0.39, 0.29) is 5.56 Å². The quantitative estimate of drug-likeness (QED) is 0.802. The fraction of sp³-hybridized carbons (Fsp3) is 0.389. The first kappa shape index (κ1) is 15.1. The van der Waals surface area contributed by atoms with Crippen LogP contribution in [0.4, 0.5) is 0 Å². The van der Waals surface area contributed by atoms with Crippen LogP contribution in [-0.2, 0) is 20.0 Å². The van der Waals surface area contributed by atoms with Crippen LogP contribution < -0.4 is 5.56 Å². The first-order valence-corrected chi connectivity index (χ1v) is 8.32. The molecule has 1 N–H and O–H groups in total. The summed E-state index contributed by atoms with van der Waals surface area (Å²) in [6, 6.07) is 9.01. The highest BCUT2D eigenvalue weighted by Crippen LogP contribution is 2.33. The molecule has 0 radical (unpaired) electrons. The summed E-state index contributed by atoms with van der Waals surface area (Å²) in [4.78, 5) is 22.0. The van der Waals surface area contributed by atoms with E-state index in [0.717, 1.165) is 12.8 Å². The molecule has 0 saturated heterocycles. The molecular weight excluding hydrogens is 302 g/mol. The van der Waals surface area contributed by atoms with Crippen molar-refractivity contribution >= 4 is 11.0 Å². The van der Waals surface area contributed by atoms with Gasteiger partial charge in [-0.3, -0.25) is 14.4 Å². The molecule has 0 aliphatic heterocycles. The van der Waals surface area contributed by atoms with Crippen LogP contribution in [-0.4, -0.2) is 31.7 Å². The minimum absolute atomic E-state index is 0.124. The summed E-state index contributed by atoms with van der Waals surface area (Å²) in [6.45, 7) is 0.607. The van der Waals surface area contributed by atoms with E-state index in [1.54, 1.807) is 17.9 Å². The maximum absolute atomic E-state index is 12.2. The Kier molecular flexibility index (Phi) is 3.69. The third-order valence-electron chi connectivity index (χ3n) is 4.92. The van der Waals surface area contributed by atoms with Crippen LogP contribution in [0.15, 0.2) is 35.3 Å². The summed E-state index contributed by atoms with van der Waals surface area (Å²) in [5, 5.41) is 4.65. The summed E-state index contributed by atoms with van der Waals surface area (Å²) in [7, 11) is 3.90.